The molecule has 1 aromatic heterocycles. The van der Waals surface area contributed by atoms with Crippen molar-refractivity contribution >= 4 is 29.4 Å². The predicted molar refractivity (Wildman–Crippen MR) is 153 cm³/mol. The number of ether oxygens (including phenoxy) is 1. The van der Waals surface area contributed by atoms with Gasteiger partial charge in [0.05, 0.1) is 17.6 Å². The third-order valence-electron chi connectivity index (χ3n) is 5.99. The van der Waals surface area contributed by atoms with Crippen molar-refractivity contribution in [3.05, 3.63) is 65.7 Å². The number of aliphatic imine (C=N–C) groups is 1. The second-order valence-electron chi connectivity index (χ2n) is 8.90. The Morgan fingerprint density at radius 3 is 2.67 bits per heavy atom. The first-order valence-electron chi connectivity index (χ1n) is 12.4. The van der Waals surface area contributed by atoms with Crippen molar-refractivity contribution in [3.8, 4) is 17.0 Å². The summed E-state index contributed by atoms with van der Waals surface area (Å²) in [5.74, 6) is 0.291. The molecule has 2 atom stereocenters. The number of aromatic nitrogens is 2. The van der Waals surface area contributed by atoms with E-state index < -0.39 is 12.5 Å². The van der Waals surface area contributed by atoms with Gasteiger partial charge in [-0.2, -0.15) is 13.9 Å². The highest BCUT2D eigenvalue weighted by Crippen LogP contribution is 2.36. The summed E-state index contributed by atoms with van der Waals surface area (Å²) in [6.07, 6.45) is 9.72. The minimum Gasteiger partial charge on any atom is -0.434 e. The molecule has 1 fully saturated rings. The molecule has 1 amide bonds. The van der Waals surface area contributed by atoms with E-state index in [1.54, 1.807) is 7.05 Å². The summed E-state index contributed by atoms with van der Waals surface area (Å²) in [5, 5.41) is 15.5. The maximum absolute atomic E-state index is 12.9. The van der Waals surface area contributed by atoms with E-state index >= 15 is 0 Å². The normalized spacial score (nSPS) is 17.6. The van der Waals surface area contributed by atoms with Gasteiger partial charge in [-0.05, 0) is 44.0 Å². The molecule has 39 heavy (non-hydrogen) atoms. The molecule has 3 rings (SSSR count). The molecule has 1 aliphatic carbocycles. The highest BCUT2D eigenvalue weighted by Gasteiger charge is 2.22. The van der Waals surface area contributed by atoms with Crippen molar-refractivity contribution in [1.29, 1.82) is 0 Å². The zero-order valence-electron chi connectivity index (χ0n) is 22.4. The molecule has 0 unspecified atom stereocenters. The summed E-state index contributed by atoms with van der Waals surface area (Å²) in [7, 11) is 3.62. The Hall–Kier alpha value is -3.70. The van der Waals surface area contributed by atoms with Gasteiger partial charge in [0.25, 0.3) is 5.91 Å². The number of nitrogens with zero attached hydrogens (tertiary/aromatic N) is 2. The van der Waals surface area contributed by atoms with Gasteiger partial charge in [0.1, 0.15) is 17.1 Å². The maximum atomic E-state index is 12.9. The van der Waals surface area contributed by atoms with Crippen molar-refractivity contribution in [2.45, 2.75) is 45.3 Å². The second-order valence-corrected chi connectivity index (χ2v) is 9.34. The van der Waals surface area contributed by atoms with E-state index in [2.05, 4.69) is 63.0 Å². The lowest BCUT2D eigenvalue weighted by atomic mass is 9.87. The Balaban J connectivity index is 0.000000499. The number of hydrogen-bond acceptors (Lipinski definition) is 7. The molecule has 1 aromatic carbocycles. The van der Waals surface area contributed by atoms with E-state index in [0.29, 0.717) is 0 Å². The lowest BCUT2D eigenvalue weighted by Crippen LogP contribution is -2.30. The van der Waals surface area contributed by atoms with E-state index in [1.165, 1.54) is 62.4 Å². The number of allylic oxidation sites excluding steroid dienone is 1. The van der Waals surface area contributed by atoms with Crippen LogP contribution in [0.4, 0.5) is 14.5 Å². The fourth-order valence-electron chi connectivity index (χ4n) is 4.15. The Bertz CT molecular complexity index is 1200. The number of aromatic amines is 1. The van der Waals surface area contributed by atoms with E-state index in [9.17, 15) is 13.6 Å². The van der Waals surface area contributed by atoms with E-state index in [4.69, 9.17) is 17.3 Å². The molecular weight excluding hydrogens is 528 g/mol. The number of amides is 1. The number of carbonyl (C=O) groups is 1. The Morgan fingerprint density at radius 2 is 2.10 bits per heavy atom. The summed E-state index contributed by atoms with van der Waals surface area (Å²) in [6, 6.07) is 4.89. The van der Waals surface area contributed by atoms with E-state index in [-0.39, 0.29) is 44.8 Å². The van der Waals surface area contributed by atoms with Gasteiger partial charge in [0.2, 0.25) is 0 Å². The SMILES string of the molecule is C=C/C=N\C(NC)=C(\C(=C)N)C(=O)Nc1cn[nH]c1-c1cc(Cl)ccc1OC(F)F.CN[C@@H]1CCC[C@H](C)C1. The molecule has 0 radical (unpaired) electrons. The van der Waals surface area contributed by atoms with Gasteiger partial charge in [-0.3, -0.25) is 9.89 Å². The van der Waals surface area contributed by atoms with Gasteiger partial charge < -0.3 is 26.4 Å². The molecule has 9 nitrogen and oxygen atoms in total. The van der Waals surface area contributed by atoms with Crippen LogP contribution in [-0.2, 0) is 4.79 Å². The molecule has 2 aromatic rings. The van der Waals surface area contributed by atoms with Crippen molar-refractivity contribution in [3.63, 3.8) is 0 Å². The van der Waals surface area contributed by atoms with Crippen LogP contribution in [0.2, 0.25) is 5.02 Å². The molecule has 0 spiro atoms. The zero-order valence-corrected chi connectivity index (χ0v) is 23.1. The number of hydrogen-bond donors (Lipinski definition) is 5. The average Bonchev–Trinajstić information content (AvgIpc) is 3.35. The molecule has 212 valence electrons. The topological polar surface area (TPSA) is 129 Å². The number of alkyl halides is 2. The minimum absolute atomic E-state index is 0.0297. The molecule has 1 aliphatic rings. The molecule has 0 aliphatic heterocycles. The largest absolute Gasteiger partial charge is 0.434 e. The predicted octanol–water partition coefficient (Wildman–Crippen LogP) is 5.21. The van der Waals surface area contributed by atoms with Crippen LogP contribution in [0.5, 0.6) is 5.75 Å². The summed E-state index contributed by atoms with van der Waals surface area (Å²) in [6.45, 7) is 6.41. The van der Waals surface area contributed by atoms with Gasteiger partial charge in [-0.15, -0.1) is 0 Å². The standard InChI is InChI=1S/C19H19ClF2N6O2.C8H17N/c1-4-7-25-17(24-3)15(10(2)23)18(29)27-13-9-26-28-16(13)12-8-11(20)5-6-14(12)30-19(21)22;1-7-4-3-5-8(6-7)9-2/h4-9,19,24H,1-2,23H2,3H3,(H,26,28)(H,27,29);7-9H,3-6H2,1-2H3/b17-15-,25-7-;/t;7-,8+/m.0/s1. The molecule has 0 saturated heterocycles. The average molecular weight is 564 g/mol. The van der Waals surface area contributed by atoms with Gasteiger partial charge in [-0.1, -0.05) is 50.6 Å². The lowest BCUT2D eigenvalue weighted by Gasteiger charge is -2.25. The third-order valence-corrected chi connectivity index (χ3v) is 6.23. The quantitative estimate of drug-likeness (QED) is 0.153. The van der Waals surface area contributed by atoms with Crippen LogP contribution in [-0.4, -0.2) is 49.1 Å². The summed E-state index contributed by atoms with van der Waals surface area (Å²) in [5.41, 5.74) is 6.23. The number of nitrogens with one attached hydrogen (secondary N) is 4. The number of H-pyrrole nitrogens is 1. The maximum Gasteiger partial charge on any atom is 0.387 e. The number of nitrogens with two attached hydrogens (primary N) is 1. The fourth-order valence-corrected chi connectivity index (χ4v) is 4.32. The van der Waals surface area contributed by atoms with Gasteiger partial charge in [-0.25, -0.2) is 4.99 Å². The fraction of sp³-hybridized carbons (Fsp3) is 0.370. The van der Waals surface area contributed by atoms with Crippen molar-refractivity contribution in [2.75, 3.05) is 19.4 Å². The monoisotopic (exact) mass is 563 g/mol. The number of halogens is 3. The summed E-state index contributed by atoms with van der Waals surface area (Å²) in [4.78, 5) is 16.9. The number of rotatable bonds is 10. The first kappa shape index (κ1) is 31.5. The lowest BCUT2D eigenvalue weighted by molar-refractivity contribution is -0.112. The smallest absolute Gasteiger partial charge is 0.387 e. The first-order valence-corrected chi connectivity index (χ1v) is 12.8. The van der Waals surface area contributed by atoms with E-state index in [1.807, 2.05) is 0 Å². The number of carbonyl (C=O) groups excluding carboxylic acids is 1. The van der Waals surface area contributed by atoms with Gasteiger partial charge in [0, 0.05) is 35.6 Å². The molecule has 1 saturated carbocycles. The second kappa shape index (κ2) is 15.6. The highest BCUT2D eigenvalue weighted by molar-refractivity contribution is 6.31. The van der Waals surface area contributed by atoms with Crippen LogP contribution in [0, 0.1) is 5.92 Å². The third kappa shape index (κ3) is 9.52. The van der Waals surface area contributed by atoms with Gasteiger partial charge in [0.15, 0.2) is 0 Å². The number of benzene rings is 1. The van der Waals surface area contributed by atoms with Crippen LogP contribution < -0.4 is 26.4 Å². The Kier molecular flexibility index (Phi) is 12.6. The first-order chi connectivity index (χ1) is 18.6. The molecule has 12 heteroatoms. The zero-order chi connectivity index (χ0) is 28.9. The molecule has 6 N–H and O–H groups in total. The highest BCUT2D eigenvalue weighted by atomic mass is 35.5. The van der Waals surface area contributed by atoms with Gasteiger partial charge >= 0.3 is 6.61 Å². The van der Waals surface area contributed by atoms with Crippen LogP contribution in [0.25, 0.3) is 11.3 Å². The van der Waals surface area contributed by atoms with Crippen molar-refractivity contribution in [2.24, 2.45) is 16.6 Å². The molecular formula is C27H36ClF2N7O2. The van der Waals surface area contributed by atoms with Crippen LogP contribution in [0.1, 0.15) is 32.6 Å². The van der Waals surface area contributed by atoms with Crippen LogP contribution in [0.3, 0.4) is 0 Å². The van der Waals surface area contributed by atoms with Crippen LogP contribution in [0.15, 0.2) is 65.7 Å². The molecule has 0 bridgehead atoms. The Labute approximate surface area is 232 Å². The Morgan fingerprint density at radius 1 is 1.36 bits per heavy atom. The summed E-state index contributed by atoms with van der Waals surface area (Å²) < 4.78 is 30.1. The molecule has 1 heterocycles. The van der Waals surface area contributed by atoms with Crippen LogP contribution >= 0.6 is 11.6 Å². The van der Waals surface area contributed by atoms with Crippen molar-refractivity contribution < 1.29 is 18.3 Å². The summed E-state index contributed by atoms with van der Waals surface area (Å²) >= 11 is 6.00. The minimum atomic E-state index is -3.05. The number of anilines is 1. The van der Waals surface area contributed by atoms with Crippen molar-refractivity contribution in [1.82, 2.24) is 20.8 Å². The van der Waals surface area contributed by atoms with E-state index in [0.717, 1.165) is 12.0 Å².